The Bertz CT molecular complexity index is 203. The molecule has 9 heteroatoms. The summed E-state index contributed by atoms with van der Waals surface area (Å²) in [6.07, 6.45) is -4.40. The molecule has 70 valence electrons. The van der Waals surface area contributed by atoms with Gasteiger partial charge in [0.2, 0.25) is 5.17 Å². The minimum atomic E-state index is -4.40. The van der Waals surface area contributed by atoms with Gasteiger partial charge < -0.3 is 5.73 Å². The molecule has 0 fully saturated rings. The van der Waals surface area contributed by atoms with E-state index in [2.05, 4.69) is 5.10 Å². The highest BCUT2D eigenvalue weighted by Crippen LogP contribution is 2.20. The summed E-state index contributed by atoms with van der Waals surface area (Å²) in [6, 6.07) is 0. The first-order valence-corrected chi connectivity index (χ1v) is 3.48. The molecule has 12 heavy (non-hydrogen) atoms. The molecule has 0 unspecified atom stereocenters. The smallest absolute Gasteiger partial charge is 0.373 e. The Morgan fingerprint density at radius 2 is 2.17 bits per heavy atom. The van der Waals surface area contributed by atoms with Crippen LogP contribution < -0.4 is 5.73 Å². The molecule has 0 aromatic heterocycles. The summed E-state index contributed by atoms with van der Waals surface area (Å²) in [5, 5.41) is 10.2. The maximum Gasteiger partial charge on any atom is 0.398 e. The maximum atomic E-state index is 11.5. The van der Waals surface area contributed by atoms with Crippen molar-refractivity contribution in [2.45, 2.75) is 6.18 Å². The van der Waals surface area contributed by atoms with Crippen molar-refractivity contribution in [3.8, 4) is 0 Å². The van der Waals surface area contributed by atoms with E-state index in [0.717, 1.165) is 0 Å². The summed E-state index contributed by atoms with van der Waals surface area (Å²) < 4.78 is 34.4. The maximum absolute atomic E-state index is 11.5. The largest absolute Gasteiger partial charge is 0.398 e. The van der Waals surface area contributed by atoms with Gasteiger partial charge in [-0.1, -0.05) is 11.8 Å². The van der Waals surface area contributed by atoms with Crippen LogP contribution in [0, 0.1) is 10.1 Å². The minimum Gasteiger partial charge on any atom is -0.373 e. The van der Waals surface area contributed by atoms with E-state index < -0.39 is 22.1 Å². The standard InChI is InChI=1S/C3H4F3N3O2S/c4-3(5,6)1-12-2(7)8-9(10)11/h1H2,(H2,7,8). The first-order chi connectivity index (χ1) is 5.31. The highest BCUT2D eigenvalue weighted by atomic mass is 32.2. The number of hydrazone groups is 1. The Morgan fingerprint density at radius 3 is 2.50 bits per heavy atom. The average Bonchev–Trinajstić information content (AvgIpc) is 1.80. The topological polar surface area (TPSA) is 81.5 Å². The zero-order valence-corrected chi connectivity index (χ0v) is 6.35. The van der Waals surface area contributed by atoms with Crippen molar-refractivity contribution in [2.75, 3.05) is 5.75 Å². The number of amidine groups is 1. The predicted octanol–water partition coefficient (Wildman–Crippen LogP) is 0.788. The summed E-state index contributed by atoms with van der Waals surface area (Å²) in [5.41, 5.74) is 4.75. The third-order valence-corrected chi connectivity index (χ3v) is 1.41. The number of nitrogens with zero attached hydrogens (tertiary/aromatic N) is 2. The first kappa shape index (κ1) is 11.0. The van der Waals surface area contributed by atoms with Crippen molar-refractivity contribution >= 4 is 16.9 Å². The number of halogens is 3. The van der Waals surface area contributed by atoms with Crippen LogP contribution >= 0.6 is 11.8 Å². The zero-order valence-electron chi connectivity index (χ0n) is 5.54. The van der Waals surface area contributed by atoms with Crippen LogP contribution in [0.4, 0.5) is 13.2 Å². The summed E-state index contributed by atoms with van der Waals surface area (Å²) >= 11 is 0.0728. The van der Waals surface area contributed by atoms with Gasteiger partial charge in [0.1, 0.15) is 0 Å². The van der Waals surface area contributed by atoms with Crippen molar-refractivity contribution in [3.05, 3.63) is 10.1 Å². The molecule has 0 aromatic rings. The summed E-state index contributed by atoms with van der Waals surface area (Å²) in [6.45, 7) is 0. The quantitative estimate of drug-likeness (QED) is 0.311. The molecule has 0 saturated heterocycles. The Kier molecular flexibility index (Phi) is 3.80. The van der Waals surface area contributed by atoms with E-state index in [1.165, 1.54) is 0 Å². The lowest BCUT2D eigenvalue weighted by Crippen LogP contribution is -2.17. The molecule has 0 spiro atoms. The van der Waals surface area contributed by atoms with Crippen LogP contribution in [0.15, 0.2) is 5.10 Å². The monoisotopic (exact) mass is 203 g/mol. The molecule has 0 rings (SSSR count). The lowest BCUT2D eigenvalue weighted by molar-refractivity contribution is -0.484. The molecule has 0 aliphatic heterocycles. The predicted molar refractivity (Wildman–Crippen MR) is 37.1 cm³/mol. The van der Waals surface area contributed by atoms with E-state index in [4.69, 9.17) is 5.73 Å². The van der Waals surface area contributed by atoms with Crippen LogP contribution in [0.1, 0.15) is 0 Å². The van der Waals surface area contributed by atoms with Gasteiger partial charge in [-0.15, -0.1) is 0 Å². The van der Waals surface area contributed by atoms with Crippen molar-refractivity contribution in [1.29, 1.82) is 0 Å². The van der Waals surface area contributed by atoms with Gasteiger partial charge in [-0.25, -0.2) is 10.1 Å². The summed E-state index contributed by atoms with van der Waals surface area (Å²) in [4.78, 5) is 9.58. The van der Waals surface area contributed by atoms with Gasteiger partial charge in [-0.2, -0.15) is 13.2 Å². The highest BCUT2D eigenvalue weighted by Gasteiger charge is 2.28. The molecule has 0 aromatic carbocycles. The number of nitro groups is 1. The molecule has 0 radical (unpaired) electrons. The fraction of sp³-hybridized carbons (Fsp3) is 0.667. The van der Waals surface area contributed by atoms with Gasteiger partial charge in [0, 0.05) is 0 Å². The Hall–Kier alpha value is -0.990. The normalized spacial score (nSPS) is 13.1. The van der Waals surface area contributed by atoms with E-state index in [-0.39, 0.29) is 11.8 Å². The lowest BCUT2D eigenvalue weighted by Gasteiger charge is -2.02. The second-order valence-electron chi connectivity index (χ2n) is 1.58. The van der Waals surface area contributed by atoms with Gasteiger partial charge in [-0.05, 0) is 0 Å². The minimum absolute atomic E-state index is 0.0728. The molecule has 0 amide bonds. The van der Waals surface area contributed by atoms with Gasteiger partial charge in [0.05, 0.1) is 10.9 Å². The molecular weight excluding hydrogens is 199 g/mol. The van der Waals surface area contributed by atoms with Gasteiger partial charge in [0.15, 0.2) is 5.03 Å². The SMILES string of the molecule is NC(=N[N+](=O)[O-])SCC(F)(F)F. The summed E-state index contributed by atoms with van der Waals surface area (Å²) in [7, 11) is 0. The molecule has 5 nitrogen and oxygen atoms in total. The van der Waals surface area contributed by atoms with Crippen molar-refractivity contribution < 1.29 is 18.2 Å². The number of alkyl halides is 3. The number of thioether (sulfide) groups is 1. The average molecular weight is 203 g/mol. The molecule has 0 saturated carbocycles. The fourth-order valence-corrected chi connectivity index (χ4v) is 0.701. The second-order valence-corrected chi connectivity index (χ2v) is 2.58. The molecular formula is C3H4F3N3O2S. The van der Waals surface area contributed by atoms with Gasteiger partial charge in [0.25, 0.3) is 0 Å². The number of hydrogen-bond donors (Lipinski definition) is 1. The molecule has 0 bridgehead atoms. The van der Waals surface area contributed by atoms with Crippen LogP contribution in [-0.2, 0) is 0 Å². The number of rotatable bonds is 2. The van der Waals surface area contributed by atoms with E-state index in [1.807, 2.05) is 0 Å². The third-order valence-electron chi connectivity index (χ3n) is 0.564. The molecule has 0 aliphatic rings. The van der Waals surface area contributed by atoms with Crippen LogP contribution in [-0.4, -0.2) is 22.1 Å². The van der Waals surface area contributed by atoms with E-state index in [0.29, 0.717) is 0 Å². The number of nitrogens with two attached hydrogens (primary N) is 1. The van der Waals surface area contributed by atoms with E-state index in [9.17, 15) is 23.3 Å². The van der Waals surface area contributed by atoms with Gasteiger partial charge in [-0.3, -0.25) is 0 Å². The molecule has 0 aliphatic carbocycles. The van der Waals surface area contributed by atoms with Crippen LogP contribution in [0.5, 0.6) is 0 Å². The summed E-state index contributed by atoms with van der Waals surface area (Å²) in [5.74, 6) is -1.28. The van der Waals surface area contributed by atoms with Crippen LogP contribution in [0.3, 0.4) is 0 Å². The third kappa shape index (κ3) is 7.12. The van der Waals surface area contributed by atoms with Crippen molar-refractivity contribution in [1.82, 2.24) is 0 Å². The van der Waals surface area contributed by atoms with E-state index in [1.54, 1.807) is 0 Å². The number of hydrogen-bond acceptors (Lipinski definition) is 3. The Morgan fingerprint density at radius 1 is 1.67 bits per heavy atom. The van der Waals surface area contributed by atoms with Crippen LogP contribution in [0.25, 0.3) is 0 Å². The molecule has 0 heterocycles. The van der Waals surface area contributed by atoms with Crippen LogP contribution in [0.2, 0.25) is 0 Å². The highest BCUT2D eigenvalue weighted by molar-refractivity contribution is 8.13. The molecule has 2 N–H and O–H groups in total. The Labute approximate surface area is 68.9 Å². The zero-order chi connectivity index (χ0) is 9.78. The van der Waals surface area contributed by atoms with E-state index >= 15 is 0 Å². The lowest BCUT2D eigenvalue weighted by atomic mass is 10.8. The van der Waals surface area contributed by atoms with Crippen molar-refractivity contribution in [2.24, 2.45) is 10.8 Å². The second kappa shape index (κ2) is 4.14. The van der Waals surface area contributed by atoms with Gasteiger partial charge >= 0.3 is 6.18 Å². The van der Waals surface area contributed by atoms with Crippen molar-refractivity contribution in [3.63, 3.8) is 0 Å². The fourth-order valence-electron chi connectivity index (χ4n) is 0.265. The Balaban J connectivity index is 3.87. The first-order valence-electron chi connectivity index (χ1n) is 2.49. The molecule has 0 atom stereocenters.